The molecular formula is C21H28IN5S. The van der Waals surface area contributed by atoms with Crippen LogP contribution in [0.2, 0.25) is 0 Å². The predicted octanol–water partition coefficient (Wildman–Crippen LogP) is 4.79. The Morgan fingerprint density at radius 3 is 2.61 bits per heavy atom. The summed E-state index contributed by atoms with van der Waals surface area (Å²) in [5.74, 6) is 1.66. The molecule has 2 heterocycles. The van der Waals surface area contributed by atoms with Gasteiger partial charge in [0.25, 0.3) is 0 Å². The van der Waals surface area contributed by atoms with E-state index >= 15 is 0 Å². The van der Waals surface area contributed by atoms with Gasteiger partial charge in [0.15, 0.2) is 5.96 Å². The Labute approximate surface area is 188 Å². The molecule has 0 radical (unpaired) electrons. The third kappa shape index (κ3) is 6.07. The van der Waals surface area contributed by atoms with Gasteiger partial charge in [-0.15, -0.1) is 35.3 Å². The Morgan fingerprint density at radius 1 is 1.14 bits per heavy atom. The number of halogens is 1. The number of guanidine groups is 1. The van der Waals surface area contributed by atoms with Crippen LogP contribution < -0.4 is 10.6 Å². The average Bonchev–Trinajstić information content (AvgIpc) is 3.37. The van der Waals surface area contributed by atoms with Gasteiger partial charge in [-0.05, 0) is 23.9 Å². The van der Waals surface area contributed by atoms with Crippen LogP contribution >= 0.6 is 35.3 Å². The molecule has 0 aliphatic rings. The summed E-state index contributed by atoms with van der Waals surface area (Å²) in [5, 5.41) is 8.89. The van der Waals surface area contributed by atoms with Crippen LogP contribution in [0.15, 0.2) is 59.0 Å². The number of hydrogen-bond acceptors (Lipinski definition) is 3. The summed E-state index contributed by atoms with van der Waals surface area (Å²) < 4.78 is 0. The van der Waals surface area contributed by atoms with Crippen molar-refractivity contribution < 1.29 is 0 Å². The van der Waals surface area contributed by atoms with Crippen LogP contribution in [-0.2, 0) is 12.0 Å². The summed E-state index contributed by atoms with van der Waals surface area (Å²) in [5.41, 5.74) is 2.19. The highest BCUT2D eigenvalue weighted by Gasteiger charge is 2.21. The van der Waals surface area contributed by atoms with Crippen molar-refractivity contribution in [1.82, 2.24) is 20.6 Å². The molecule has 0 atom stereocenters. The van der Waals surface area contributed by atoms with Crippen LogP contribution in [0.4, 0.5) is 0 Å². The van der Waals surface area contributed by atoms with Crippen LogP contribution in [0, 0.1) is 0 Å². The summed E-state index contributed by atoms with van der Waals surface area (Å²) >= 11 is 1.79. The van der Waals surface area contributed by atoms with Gasteiger partial charge in [0.1, 0.15) is 12.4 Å². The third-order valence-electron chi connectivity index (χ3n) is 4.33. The number of rotatable bonds is 7. The first-order chi connectivity index (χ1) is 13.1. The minimum absolute atomic E-state index is 0. The highest BCUT2D eigenvalue weighted by molar-refractivity contribution is 14.0. The zero-order valence-electron chi connectivity index (χ0n) is 16.5. The van der Waals surface area contributed by atoms with E-state index in [-0.39, 0.29) is 29.4 Å². The van der Waals surface area contributed by atoms with Crippen molar-refractivity contribution in [3.63, 3.8) is 0 Å². The van der Waals surface area contributed by atoms with Crippen molar-refractivity contribution in [2.24, 2.45) is 4.99 Å². The number of nitrogens with zero attached hydrogens (tertiary/aromatic N) is 2. The second-order valence-electron chi connectivity index (χ2n) is 7.02. The second kappa shape index (κ2) is 10.6. The first-order valence-electron chi connectivity index (χ1n) is 9.24. The van der Waals surface area contributed by atoms with E-state index in [0.717, 1.165) is 36.1 Å². The van der Waals surface area contributed by atoms with Crippen LogP contribution in [-0.4, -0.2) is 29.0 Å². The maximum absolute atomic E-state index is 4.68. The third-order valence-corrected chi connectivity index (χ3v) is 5.57. The number of benzene rings is 1. The number of aromatic nitrogens is 2. The molecule has 0 aliphatic heterocycles. The molecule has 3 rings (SSSR count). The van der Waals surface area contributed by atoms with E-state index < -0.39 is 0 Å². The number of H-pyrrole nitrogens is 1. The van der Waals surface area contributed by atoms with Crippen LogP contribution in [0.25, 0.3) is 11.3 Å². The highest BCUT2D eigenvalue weighted by Crippen LogP contribution is 2.26. The van der Waals surface area contributed by atoms with Crippen molar-refractivity contribution in [2.75, 3.05) is 13.1 Å². The lowest BCUT2D eigenvalue weighted by atomic mass is 9.91. The van der Waals surface area contributed by atoms with Crippen molar-refractivity contribution in [3.8, 4) is 11.3 Å². The van der Waals surface area contributed by atoms with E-state index in [9.17, 15) is 0 Å². The SMILES string of the molecule is CCNC(=NCc1ncc(-c2ccccc2)[nH]1)NCC(C)(C)c1cccs1.I. The highest BCUT2D eigenvalue weighted by atomic mass is 127. The molecule has 2 aromatic heterocycles. The largest absolute Gasteiger partial charge is 0.357 e. The van der Waals surface area contributed by atoms with E-state index in [1.54, 1.807) is 11.3 Å². The maximum atomic E-state index is 4.68. The van der Waals surface area contributed by atoms with Gasteiger partial charge in [0.05, 0.1) is 11.9 Å². The van der Waals surface area contributed by atoms with Gasteiger partial charge in [-0.3, -0.25) is 0 Å². The Bertz CT molecular complexity index is 856. The Hall–Kier alpha value is -1.87. The second-order valence-corrected chi connectivity index (χ2v) is 7.97. The fourth-order valence-corrected chi connectivity index (χ4v) is 3.61. The van der Waals surface area contributed by atoms with Crippen LogP contribution in [0.1, 0.15) is 31.5 Å². The maximum Gasteiger partial charge on any atom is 0.191 e. The molecule has 5 nitrogen and oxygen atoms in total. The molecule has 0 fully saturated rings. The number of imidazole rings is 1. The van der Waals surface area contributed by atoms with E-state index in [1.807, 2.05) is 24.4 Å². The smallest absolute Gasteiger partial charge is 0.191 e. The first-order valence-corrected chi connectivity index (χ1v) is 10.1. The molecule has 0 spiro atoms. The standard InChI is InChI=1S/C21H27N5S.HI/c1-4-22-20(25-15-21(2,3)18-11-8-12-27-18)24-14-19-23-13-17(26-19)16-9-6-5-7-10-16;/h5-13H,4,14-15H2,1-3H3,(H,23,26)(H2,22,24,25);1H. The Kier molecular flexibility index (Phi) is 8.50. The van der Waals surface area contributed by atoms with Crippen molar-refractivity contribution >= 4 is 41.3 Å². The molecule has 0 amide bonds. The lowest BCUT2D eigenvalue weighted by molar-refractivity contribution is 0.518. The van der Waals surface area contributed by atoms with E-state index in [4.69, 9.17) is 0 Å². The van der Waals surface area contributed by atoms with Gasteiger partial charge in [-0.1, -0.05) is 50.2 Å². The monoisotopic (exact) mass is 509 g/mol. The zero-order chi connectivity index (χ0) is 19.1. The van der Waals surface area contributed by atoms with Gasteiger partial charge >= 0.3 is 0 Å². The van der Waals surface area contributed by atoms with E-state index in [2.05, 4.69) is 76.0 Å². The number of nitrogens with one attached hydrogen (secondary N) is 3. The van der Waals surface area contributed by atoms with Gasteiger partial charge in [-0.2, -0.15) is 0 Å². The number of hydrogen-bond donors (Lipinski definition) is 3. The normalized spacial score (nSPS) is 11.8. The molecular weight excluding hydrogens is 481 g/mol. The summed E-state index contributed by atoms with van der Waals surface area (Å²) in [6.45, 7) is 8.69. The molecule has 7 heteroatoms. The Morgan fingerprint density at radius 2 is 1.93 bits per heavy atom. The van der Waals surface area contributed by atoms with Gasteiger partial charge in [0, 0.05) is 23.4 Å². The fourth-order valence-electron chi connectivity index (χ4n) is 2.76. The molecule has 0 unspecified atom stereocenters. The topological polar surface area (TPSA) is 65.1 Å². The summed E-state index contributed by atoms with van der Waals surface area (Å²) in [4.78, 5) is 13.9. The van der Waals surface area contributed by atoms with Crippen molar-refractivity contribution in [1.29, 1.82) is 0 Å². The molecule has 28 heavy (non-hydrogen) atoms. The minimum Gasteiger partial charge on any atom is -0.357 e. The van der Waals surface area contributed by atoms with Gasteiger partial charge in [0.2, 0.25) is 0 Å². The van der Waals surface area contributed by atoms with Gasteiger partial charge < -0.3 is 15.6 Å². The lowest BCUT2D eigenvalue weighted by Crippen LogP contribution is -2.43. The molecule has 150 valence electrons. The van der Waals surface area contributed by atoms with E-state index in [0.29, 0.717) is 6.54 Å². The fraction of sp³-hybridized carbons (Fsp3) is 0.333. The summed E-state index contributed by atoms with van der Waals surface area (Å²) in [6.07, 6.45) is 1.86. The Balaban J connectivity index is 0.00000280. The van der Waals surface area contributed by atoms with Gasteiger partial charge in [-0.25, -0.2) is 9.98 Å². The number of thiophene rings is 1. The molecule has 1 aromatic carbocycles. The van der Waals surface area contributed by atoms with Crippen LogP contribution in [0.5, 0.6) is 0 Å². The average molecular weight is 509 g/mol. The molecule has 0 aliphatic carbocycles. The molecule has 0 saturated heterocycles. The quantitative estimate of drug-likeness (QED) is 0.244. The molecule has 0 saturated carbocycles. The molecule has 3 N–H and O–H groups in total. The van der Waals surface area contributed by atoms with Crippen LogP contribution in [0.3, 0.4) is 0 Å². The first kappa shape index (κ1) is 22.4. The van der Waals surface area contributed by atoms with E-state index in [1.165, 1.54) is 4.88 Å². The molecule has 0 bridgehead atoms. The minimum atomic E-state index is 0. The summed E-state index contributed by atoms with van der Waals surface area (Å²) in [6, 6.07) is 14.5. The number of aliphatic imine (C=N–C) groups is 1. The predicted molar refractivity (Wildman–Crippen MR) is 130 cm³/mol. The molecule has 3 aromatic rings. The lowest BCUT2D eigenvalue weighted by Gasteiger charge is -2.25. The number of aromatic amines is 1. The van der Waals surface area contributed by atoms with Crippen molar-refractivity contribution in [3.05, 3.63) is 64.7 Å². The van der Waals surface area contributed by atoms with Crippen molar-refractivity contribution in [2.45, 2.75) is 32.7 Å². The summed E-state index contributed by atoms with van der Waals surface area (Å²) in [7, 11) is 0. The zero-order valence-corrected chi connectivity index (χ0v) is 19.7.